The third kappa shape index (κ3) is 4.09. The Morgan fingerprint density at radius 3 is 2.44 bits per heavy atom. The van der Waals surface area contributed by atoms with E-state index in [9.17, 15) is 9.59 Å². The van der Waals surface area contributed by atoms with Crippen molar-refractivity contribution in [3.63, 3.8) is 0 Å². The quantitative estimate of drug-likeness (QED) is 0.670. The molecule has 0 aliphatic carbocycles. The minimum absolute atomic E-state index is 0.0779. The monoisotopic (exact) mass is 383 g/mol. The average Bonchev–Trinajstić information content (AvgIpc) is 3.16. The van der Waals surface area contributed by atoms with Gasteiger partial charge in [0.05, 0.1) is 17.1 Å². The largest absolute Gasteiger partial charge is 0.481 e. The van der Waals surface area contributed by atoms with Crippen LogP contribution < -0.4 is 5.32 Å². The van der Waals surface area contributed by atoms with Crippen molar-refractivity contribution >= 4 is 28.9 Å². The van der Waals surface area contributed by atoms with Crippen LogP contribution in [0.2, 0.25) is 0 Å². The van der Waals surface area contributed by atoms with Gasteiger partial charge in [-0.3, -0.25) is 9.59 Å². The van der Waals surface area contributed by atoms with Gasteiger partial charge >= 0.3 is 5.97 Å². The predicted molar refractivity (Wildman–Crippen MR) is 106 cm³/mol. The molecule has 1 aromatic carbocycles. The molecule has 3 rings (SSSR count). The Kier molecular flexibility index (Phi) is 5.41. The summed E-state index contributed by atoms with van der Waals surface area (Å²) in [5.41, 5.74) is 5.96. The minimum atomic E-state index is -0.822. The maximum absolute atomic E-state index is 12.4. The Morgan fingerprint density at radius 1 is 1.15 bits per heavy atom. The lowest BCUT2D eigenvalue weighted by molar-refractivity contribution is -0.136. The smallest absolute Gasteiger partial charge is 0.303 e. The molecule has 0 spiro atoms. The van der Waals surface area contributed by atoms with E-state index in [2.05, 4.69) is 10.4 Å². The van der Waals surface area contributed by atoms with Gasteiger partial charge in [0, 0.05) is 23.1 Å². The molecule has 3 aromatic rings. The lowest BCUT2D eigenvalue weighted by Crippen LogP contribution is -2.12. The molecule has 2 aromatic heterocycles. The van der Waals surface area contributed by atoms with Gasteiger partial charge in [0.1, 0.15) is 0 Å². The van der Waals surface area contributed by atoms with E-state index in [0.717, 1.165) is 33.9 Å². The van der Waals surface area contributed by atoms with Gasteiger partial charge in [0.2, 0.25) is 0 Å². The molecular weight excluding hydrogens is 362 g/mol. The Balaban J connectivity index is 1.79. The highest BCUT2D eigenvalue weighted by Gasteiger charge is 2.15. The summed E-state index contributed by atoms with van der Waals surface area (Å²) in [5, 5.41) is 20.3. The molecule has 2 heterocycles. The zero-order chi connectivity index (χ0) is 19.6. The van der Waals surface area contributed by atoms with E-state index < -0.39 is 5.97 Å². The van der Waals surface area contributed by atoms with E-state index >= 15 is 0 Å². The highest BCUT2D eigenvalue weighted by molar-refractivity contribution is 7.08. The van der Waals surface area contributed by atoms with E-state index in [-0.39, 0.29) is 12.3 Å². The zero-order valence-corrected chi connectivity index (χ0v) is 16.3. The van der Waals surface area contributed by atoms with Gasteiger partial charge in [-0.2, -0.15) is 5.10 Å². The van der Waals surface area contributed by atoms with Crippen LogP contribution in [0.25, 0.3) is 5.69 Å². The molecule has 0 unspecified atom stereocenters. The Labute approximate surface area is 161 Å². The normalized spacial score (nSPS) is 10.8. The number of benzene rings is 1. The second-order valence-corrected chi connectivity index (χ2v) is 7.17. The highest BCUT2D eigenvalue weighted by Crippen LogP contribution is 2.22. The van der Waals surface area contributed by atoms with Gasteiger partial charge in [-0.05, 0) is 68.0 Å². The lowest BCUT2D eigenvalue weighted by Gasteiger charge is -2.08. The summed E-state index contributed by atoms with van der Waals surface area (Å²) in [6, 6.07) is 7.21. The van der Waals surface area contributed by atoms with Crippen LogP contribution in [0.4, 0.5) is 5.69 Å². The van der Waals surface area contributed by atoms with Crippen LogP contribution in [0.3, 0.4) is 0 Å². The summed E-state index contributed by atoms with van der Waals surface area (Å²) < 4.78 is 1.79. The first-order valence-electron chi connectivity index (χ1n) is 8.58. The summed E-state index contributed by atoms with van der Waals surface area (Å²) in [6.07, 6.45) is 0.530. The summed E-state index contributed by atoms with van der Waals surface area (Å²) in [6.45, 7) is 5.77. The summed E-state index contributed by atoms with van der Waals surface area (Å²) in [7, 11) is 0. The first-order chi connectivity index (χ1) is 12.9. The molecule has 0 saturated heterocycles. The molecule has 0 radical (unpaired) electrons. The minimum Gasteiger partial charge on any atom is -0.481 e. The standard InChI is InChI=1S/C20H21N3O3S/c1-12-10-27-11-18(12)21-20(26)15-4-6-16(7-5-15)23-14(3)17(13(2)22-23)8-9-19(24)25/h4-7,10-11H,8-9H2,1-3H3,(H,21,26)(H,24,25). The van der Waals surface area contributed by atoms with E-state index in [1.54, 1.807) is 28.2 Å². The van der Waals surface area contributed by atoms with E-state index in [0.29, 0.717) is 12.0 Å². The van der Waals surface area contributed by atoms with E-state index in [4.69, 9.17) is 5.11 Å². The first-order valence-corrected chi connectivity index (χ1v) is 9.52. The summed E-state index contributed by atoms with van der Waals surface area (Å²) in [5.74, 6) is -0.976. The van der Waals surface area contributed by atoms with Crippen LogP contribution >= 0.6 is 11.3 Å². The van der Waals surface area contributed by atoms with Crippen LogP contribution in [0.1, 0.15) is 39.3 Å². The molecule has 27 heavy (non-hydrogen) atoms. The molecule has 2 N–H and O–H groups in total. The molecule has 140 valence electrons. The molecule has 0 bridgehead atoms. The third-order valence-electron chi connectivity index (χ3n) is 4.51. The molecule has 0 aliphatic heterocycles. The second-order valence-electron chi connectivity index (χ2n) is 6.42. The van der Waals surface area contributed by atoms with Crippen molar-refractivity contribution < 1.29 is 14.7 Å². The van der Waals surface area contributed by atoms with Gasteiger partial charge in [-0.25, -0.2) is 4.68 Å². The molecule has 1 amide bonds. The van der Waals surface area contributed by atoms with E-state index in [1.165, 1.54) is 0 Å². The van der Waals surface area contributed by atoms with Crippen molar-refractivity contribution in [2.45, 2.75) is 33.6 Å². The van der Waals surface area contributed by atoms with Crippen LogP contribution in [-0.4, -0.2) is 26.8 Å². The van der Waals surface area contributed by atoms with Crippen LogP contribution in [0, 0.1) is 20.8 Å². The second kappa shape index (κ2) is 7.75. The first kappa shape index (κ1) is 18.8. The van der Waals surface area contributed by atoms with Crippen molar-refractivity contribution in [1.82, 2.24) is 9.78 Å². The fourth-order valence-electron chi connectivity index (χ4n) is 2.96. The lowest BCUT2D eigenvalue weighted by atomic mass is 10.1. The van der Waals surface area contributed by atoms with Crippen molar-refractivity contribution in [3.05, 3.63) is 63.1 Å². The van der Waals surface area contributed by atoms with Gasteiger partial charge in [-0.15, -0.1) is 11.3 Å². The number of aryl methyl sites for hydroxylation is 2. The van der Waals surface area contributed by atoms with Gasteiger partial charge in [0.15, 0.2) is 0 Å². The molecule has 7 heteroatoms. The highest BCUT2D eigenvalue weighted by atomic mass is 32.1. The number of thiophene rings is 1. The fraction of sp³-hybridized carbons (Fsp3) is 0.250. The molecular formula is C20H21N3O3S. The maximum atomic E-state index is 12.4. The number of rotatable bonds is 6. The van der Waals surface area contributed by atoms with Gasteiger partial charge < -0.3 is 10.4 Å². The van der Waals surface area contributed by atoms with Crippen molar-refractivity contribution in [2.75, 3.05) is 5.32 Å². The number of anilines is 1. The number of hydrogen-bond donors (Lipinski definition) is 2. The topological polar surface area (TPSA) is 84.2 Å². The Morgan fingerprint density at radius 2 is 1.85 bits per heavy atom. The molecule has 0 saturated carbocycles. The number of carbonyl (C=O) groups excluding carboxylic acids is 1. The number of carboxylic acid groups (broad SMARTS) is 1. The number of aliphatic carboxylic acids is 1. The van der Waals surface area contributed by atoms with Crippen LogP contribution in [-0.2, 0) is 11.2 Å². The summed E-state index contributed by atoms with van der Waals surface area (Å²) in [4.78, 5) is 23.2. The number of nitrogens with zero attached hydrogens (tertiary/aromatic N) is 2. The van der Waals surface area contributed by atoms with E-state index in [1.807, 2.05) is 43.7 Å². The number of hydrogen-bond acceptors (Lipinski definition) is 4. The molecule has 6 nitrogen and oxygen atoms in total. The summed E-state index contributed by atoms with van der Waals surface area (Å²) >= 11 is 1.55. The fourth-order valence-corrected chi connectivity index (χ4v) is 3.74. The zero-order valence-electron chi connectivity index (χ0n) is 15.4. The number of amides is 1. The number of carbonyl (C=O) groups is 2. The van der Waals surface area contributed by atoms with Gasteiger partial charge in [-0.1, -0.05) is 0 Å². The maximum Gasteiger partial charge on any atom is 0.303 e. The predicted octanol–water partition coefficient (Wildman–Crippen LogP) is 4.13. The van der Waals surface area contributed by atoms with Crippen molar-refractivity contribution in [2.24, 2.45) is 0 Å². The number of carboxylic acids is 1. The van der Waals surface area contributed by atoms with Crippen LogP contribution in [0.5, 0.6) is 0 Å². The molecule has 0 atom stereocenters. The number of nitrogens with one attached hydrogen (secondary N) is 1. The van der Waals surface area contributed by atoms with Crippen molar-refractivity contribution in [1.29, 1.82) is 0 Å². The van der Waals surface area contributed by atoms with Crippen LogP contribution in [0.15, 0.2) is 35.0 Å². The Bertz CT molecular complexity index is 987. The third-order valence-corrected chi connectivity index (χ3v) is 5.37. The van der Waals surface area contributed by atoms with Crippen molar-refractivity contribution in [3.8, 4) is 5.69 Å². The molecule has 0 aliphatic rings. The molecule has 0 fully saturated rings. The SMILES string of the molecule is Cc1cscc1NC(=O)c1ccc(-n2nc(C)c(CCC(=O)O)c2C)cc1. The average molecular weight is 383 g/mol. The number of aromatic nitrogens is 2. The Hall–Kier alpha value is -2.93. The van der Waals surface area contributed by atoms with Gasteiger partial charge in [0.25, 0.3) is 5.91 Å².